The topological polar surface area (TPSA) is 91.0 Å². The predicted octanol–water partition coefficient (Wildman–Crippen LogP) is 2.79. The van der Waals surface area contributed by atoms with Gasteiger partial charge in [-0.1, -0.05) is 24.3 Å². The molecular formula is C15H20Cl2N4O. The number of nitrogens with one attached hydrogen (secondary N) is 3. The normalized spacial score (nSPS) is 9.32. The quantitative estimate of drug-likeness (QED) is 0.508. The fourth-order valence-electron chi connectivity index (χ4n) is 1.98. The molecule has 5 nitrogen and oxygen atoms in total. The molecule has 0 heterocycles. The smallest absolute Gasteiger partial charge is 0.315 e. The monoisotopic (exact) mass is 342 g/mol. The summed E-state index contributed by atoms with van der Waals surface area (Å²) in [5.74, 6) is 0.0535. The Morgan fingerprint density at radius 2 is 1.77 bits per heavy atom. The number of amidine groups is 1. The summed E-state index contributed by atoms with van der Waals surface area (Å²) >= 11 is 0. The molecule has 0 aliphatic carbocycles. The van der Waals surface area contributed by atoms with E-state index in [2.05, 4.69) is 10.6 Å². The van der Waals surface area contributed by atoms with Crippen molar-refractivity contribution in [3.63, 3.8) is 0 Å². The number of carbonyl (C=O) groups excluding carboxylic acids is 1. The van der Waals surface area contributed by atoms with Gasteiger partial charge >= 0.3 is 6.03 Å². The van der Waals surface area contributed by atoms with Gasteiger partial charge in [0, 0.05) is 18.7 Å². The minimum absolute atomic E-state index is 0. The molecule has 0 aromatic heterocycles. The number of benzene rings is 2. The largest absolute Gasteiger partial charge is 0.384 e. The van der Waals surface area contributed by atoms with Crippen LogP contribution in [-0.4, -0.2) is 18.4 Å². The molecule has 0 fully saturated rings. The fourth-order valence-corrected chi connectivity index (χ4v) is 1.98. The van der Waals surface area contributed by atoms with Crippen molar-refractivity contribution in [3.8, 4) is 0 Å². The molecule has 2 rings (SSSR count). The van der Waals surface area contributed by atoms with E-state index in [9.17, 15) is 4.79 Å². The summed E-state index contributed by atoms with van der Waals surface area (Å²) in [5, 5.41) is 15.0. The summed E-state index contributed by atoms with van der Waals surface area (Å²) in [6.45, 7) is 2.94. The zero-order valence-electron chi connectivity index (χ0n) is 12.2. The van der Waals surface area contributed by atoms with Gasteiger partial charge in [0.25, 0.3) is 0 Å². The van der Waals surface area contributed by atoms with Gasteiger partial charge in [0.1, 0.15) is 5.84 Å². The lowest BCUT2D eigenvalue weighted by atomic mass is 10.0. The van der Waals surface area contributed by atoms with Crippen molar-refractivity contribution in [1.29, 1.82) is 5.41 Å². The molecule has 0 bridgehead atoms. The third kappa shape index (κ3) is 5.09. The molecule has 0 saturated heterocycles. The highest BCUT2D eigenvalue weighted by Gasteiger charge is 2.02. The van der Waals surface area contributed by atoms with E-state index in [0.717, 1.165) is 16.3 Å². The number of fused-ring (bicyclic) bond motifs is 1. The van der Waals surface area contributed by atoms with Gasteiger partial charge in [0.05, 0.1) is 0 Å². The van der Waals surface area contributed by atoms with Crippen molar-refractivity contribution >= 4 is 47.5 Å². The first-order valence-electron chi connectivity index (χ1n) is 6.49. The van der Waals surface area contributed by atoms with Crippen LogP contribution in [0.5, 0.6) is 0 Å². The van der Waals surface area contributed by atoms with E-state index in [4.69, 9.17) is 11.1 Å². The minimum Gasteiger partial charge on any atom is -0.384 e. The van der Waals surface area contributed by atoms with Crippen molar-refractivity contribution in [2.24, 2.45) is 5.73 Å². The first kappa shape index (κ1) is 20.0. The molecule has 2 aromatic rings. The molecule has 120 valence electrons. The molecule has 0 atom stereocenters. The lowest BCUT2D eigenvalue weighted by Gasteiger charge is -2.08. The van der Waals surface area contributed by atoms with E-state index in [-0.39, 0.29) is 36.7 Å². The number of halogens is 2. The number of hydrogen-bond donors (Lipinski definition) is 4. The van der Waals surface area contributed by atoms with Crippen LogP contribution in [-0.2, 0) is 6.54 Å². The summed E-state index contributed by atoms with van der Waals surface area (Å²) < 4.78 is 0. The van der Waals surface area contributed by atoms with E-state index in [0.29, 0.717) is 18.7 Å². The Hall–Kier alpha value is -1.98. The third-order valence-corrected chi connectivity index (χ3v) is 3.01. The van der Waals surface area contributed by atoms with Crippen LogP contribution in [0, 0.1) is 5.41 Å². The number of hydrogen-bond acceptors (Lipinski definition) is 2. The highest BCUT2D eigenvalue weighted by molar-refractivity contribution is 5.99. The Balaban J connectivity index is 0.00000220. The second kappa shape index (κ2) is 9.12. The second-order valence-corrected chi connectivity index (χ2v) is 4.52. The molecule has 2 aromatic carbocycles. The van der Waals surface area contributed by atoms with Gasteiger partial charge in [0.2, 0.25) is 0 Å². The molecule has 0 unspecified atom stereocenters. The van der Waals surface area contributed by atoms with Crippen molar-refractivity contribution in [2.45, 2.75) is 13.5 Å². The van der Waals surface area contributed by atoms with Gasteiger partial charge in [-0.3, -0.25) is 5.41 Å². The molecule has 0 saturated carbocycles. The number of rotatable bonds is 4. The van der Waals surface area contributed by atoms with Gasteiger partial charge in [-0.15, -0.1) is 24.8 Å². The van der Waals surface area contributed by atoms with Crippen LogP contribution in [0.25, 0.3) is 10.8 Å². The maximum Gasteiger partial charge on any atom is 0.315 e. The van der Waals surface area contributed by atoms with Crippen molar-refractivity contribution < 1.29 is 4.79 Å². The van der Waals surface area contributed by atoms with Gasteiger partial charge in [-0.05, 0) is 35.4 Å². The third-order valence-electron chi connectivity index (χ3n) is 3.01. The van der Waals surface area contributed by atoms with Crippen LogP contribution >= 0.6 is 24.8 Å². The SMILES string of the molecule is CCNC(=O)NCc1ccc2ccc(C(=N)N)cc2c1.Cl.Cl. The number of urea groups is 1. The van der Waals surface area contributed by atoms with E-state index in [1.165, 1.54) is 0 Å². The molecule has 0 aliphatic rings. The summed E-state index contributed by atoms with van der Waals surface area (Å²) in [6.07, 6.45) is 0. The molecule has 22 heavy (non-hydrogen) atoms. The van der Waals surface area contributed by atoms with Crippen LogP contribution in [0.2, 0.25) is 0 Å². The maximum atomic E-state index is 11.4. The lowest BCUT2D eigenvalue weighted by Crippen LogP contribution is -2.34. The number of nitrogens with two attached hydrogens (primary N) is 1. The van der Waals surface area contributed by atoms with E-state index in [1.807, 2.05) is 43.3 Å². The highest BCUT2D eigenvalue weighted by atomic mass is 35.5. The second-order valence-electron chi connectivity index (χ2n) is 4.52. The van der Waals surface area contributed by atoms with Crippen molar-refractivity contribution in [1.82, 2.24) is 10.6 Å². The average molecular weight is 343 g/mol. The minimum atomic E-state index is -0.176. The maximum absolute atomic E-state index is 11.4. The van der Waals surface area contributed by atoms with Gasteiger partial charge in [-0.2, -0.15) is 0 Å². The Kier molecular flexibility index (Phi) is 8.30. The Bertz CT molecular complexity index is 661. The van der Waals surface area contributed by atoms with E-state index < -0.39 is 0 Å². The lowest BCUT2D eigenvalue weighted by molar-refractivity contribution is 0.241. The van der Waals surface area contributed by atoms with Crippen LogP contribution in [0.4, 0.5) is 4.79 Å². The van der Waals surface area contributed by atoms with Gasteiger partial charge < -0.3 is 16.4 Å². The summed E-state index contributed by atoms with van der Waals surface area (Å²) in [7, 11) is 0. The Labute approximate surface area is 142 Å². The predicted molar refractivity (Wildman–Crippen MR) is 95.4 cm³/mol. The fraction of sp³-hybridized carbons (Fsp3) is 0.200. The van der Waals surface area contributed by atoms with Crippen molar-refractivity contribution in [3.05, 3.63) is 47.5 Å². The van der Waals surface area contributed by atoms with Crippen LogP contribution in [0.3, 0.4) is 0 Å². The Morgan fingerprint density at radius 1 is 1.09 bits per heavy atom. The molecule has 0 spiro atoms. The molecular weight excluding hydrogens is 323 g/mol. The molecule has 5 N–H and O–H groups in total. The van der Waals surface area contributed by atoms with Gasteiger partial charge in [0.15, 0.2) is 0 Å². The van der Waals surface area contributed by atoms with Gasteiger partial charge in [-0.25, -0.2) is 4.79 Å². The first-order valence-corrected chi connectivity index (χ1v) is 6.49. The van der Waals surface area contributed by atoms with Crippen molar-refractivity contribution in [2.75, 3.05) is 6.54 Å². The first-order chi connectivity index (χ1) is 9.60. The highest BCUT2D eigenvalue weighted by Crippen LogP contribution is 2.18. The average Bonchev–Trinajstić information content (AvgIpc) is 2.44. The van der Waals surface area contributed by atoms with Crippen LogP contribution < -0.4 is 16.4 Å². The summed E-state index contributed by atoms with van der Waals surface area (Å²) in [6, 6.07) is 11.4. The zero-order valence-corrected chi connectivity index (χ0v) is 13.8. The van der Waals surface area contributed by atoms with E-state index in [1.54, 1.807) is 0 Å². The summed E-state index contributed by atoms with van der Waals surface area (Å²) in [4.78, 5) is 11.4. The van der Waals surface area contributed by atoms with Crippen LogP contribution in [0.1, 0.15) is 18.1 Å². The number of nitrogen functional groups attached to an aromatic ring is 1. The van der Waals surface area contributed by atoms with Crippen LogP contribution in [0.15, 0.2) is 36.4 Å². The number of carbonyl (C=O) groups is 1. The number of amides is 2. The standard InChI is InChI=1S/C15H18N4O.2ClH/c1-2-18-15(20)19-9-10-3-4-11-5-6-12(14(16)17)8-13(11)7-10;;/h3-8H,2,9H2,1H3,(H3,16,17)(H2,18,19,20);2*1H. The Morgan fingerprint density at radius 3 is 2.41 bits per heavy atom. The molecule has 7 heteroatoms. The molecule has 0 aliphatic heterocycles. The molecule has 2 amide bonds. The zero-order chi connectivity index (χ0) is 14.5. The molecule has 0 radical (unpaired) electrons. The summed E-state index contributed by atoms with van der Waals surface area (Å²) in [5.41, 5.74) is 7.20. The van der Waals surface area contributed by atoms with E-state index >= 15 is 0 Å².